The van der Waals surface area contributed by atoms with Gasteiger partial charge in [0.2, 0.25) is 5.71 Å². The SMILES string of the molecule is OB(O)c1ccc2c(c1)oc1nc3ccccc3cc12. The standard InChI is InChI=1S/C15H10BNO3/c18-16(19)10-5-6-11-12-7-9-3-1-2-4-13(9)17-15(12)20-14(11)8-10/h1-8,18-19H. The van der Waals surface area contributed by atoms with Crippen LogP contribution in [0.1, 0.15) is 0 Å². The topological polar surface area (TPSA) is 66.5 Å². The molecule has 2 N–H and O–H groups in total. The number of furan rings is 1. The van der Waals surface area contributed by atoms with Gasteiger partial charge in [-0.1, -0.05) is 30.3 Å². The van der Waals surface area contributed by atoms with Gasteiger partial charge in [-0.3, -0.25) is 0 Å². The molecular weight excluding hydrogens is 253 g/mol. The van der Waals surface area contributed by atoms with Crippen molar-refractivity contribution in [3.8, 4) is 0 Å². The highest BCUT2D eigenvalue weighted by Gasteiger charge is 2.15. The molecule has 0 fully saturated rings. The Balaban J connectivity index is 2.10. The molecule has 96 valence electrons. The zero-order chi connectivity index (χ0) is 13.7. The van der Waals surface area contributed by atoms with E-state index in [1.165, 1.54) is 0 Å². The number of rotatable bonds is 1. The Morgan fingerprint density at radius 2 is 1.80 bits per heavy atom. The molecule has 2 aromatic heterocycles. The van der Waals surface area contributed by atoms with E-state index >= 15 is 0 Å². The summed E-state index contributed by atoms with van der Waals surface area (Å²) in [6, 6.07) is 15.0. The molecule has 5 heteroatoms. The van der Waals surface area contributed by atoms with Crippen molar-refractivity contribution >= 4 is 45.6 Å². The smallest absolute Gasteiger partial charge is 0.438 e. The molecular formula is C15H10BNO3. The maximum absolute atomic E-state index is 9.21. The number of hydrogen-bond donors (Lipinski definition) is 2. The average molecular weight is 263 g/mol. The van der Waals surface area contributed by atoms with Crippen LogP contribution >= 0.6 is 0 Å². The third-order valence-electron chi connectivity index (χ3n) is 3.49. The Hall–Kier alpha value is -2.37. The first-order valence-corrected chi connectivity index (χ1v) is 6.30. The van der Waals surface area contributed by atoms with Crippen molar-refractivity contribution < 1.29 is 14.5 Å². The highest BCUT2D eigenvalue weighted by Crippen LogP contribution is 2.29. The fourth-order valence-corrected chi connectivity index (χ4v) is 2.48. The van der Waals surface area contributed by atoms with Crippen LogP contribution in [0, 0.1) is 0 Å². The van der Waals surface area contributed by atoms with E-state index in [1.54, 1.807) is 12.1 Å². The van der Waals surface area contributed by atoms with Gasteiger partial charge in [-0.25, -0.2) is 4.98 Å². The third kappa shape index (κ3) is 1.61. The van der Waals surface area contributed by atoms with Crippen molar-refractivity contribution in [3.05, 3.63) is 48.5 Å². The van der Waals surface area contributed by atoms with E-state index < -0.39 is 7.12 Å². The minimum absolute atomic E-state index is 0.404. The monoisotopic (exact) mass is 263 g/mol. The van der Waals surface area contributed by atoms with Crippen LogP contribution < -0.4 is 5.46 Å². The fraction of sp³-hybridized carbons (Fsp3) is 0. The predicted molar refractivity (Wildman–Crippen MR) is 78.8 cm³/mol. The van der Waals surface area contributed by atoms with Crippen molar-refractivity contribution in [3.63, 3.8) is 0 Å². The Labute approximate surface area is 114 Å². The molecule has 0 amide bonds. The number of fused-ring (bicyclic) bond motifs is 4. The van der Waals surface area contributed by atoms with Crippen LogP contribution in [0.15, 0.2) is 52.9 Å². The van der Waals surface area contributed by atoms with Gasteiger partial charge in [-0.2, -0.15) is 0 Å². The highest BCUT2D eigenvalue weighted by atomic mass is 16.4. The van der Waals surface area contributed by atoms with Gasteiger partial charge >= 0.3 is 7.12 Å². The fourth-order valence-electron chi connectivity index (χ4n) is 2.48. The lowest BCUT2D eigenvalue weighted by Gasteiger charge is -1.97. The molecule has 0 saturated carbocycles. The molecule has 0 aliphatic rings. The Morgan fingerprint density at radius 1 is 0.950 bits per heavy atom. The van der Waals surface area contributed by atoms with E-state index in [9.17, 15) is 10.0 Å². The summed E-state index contributed by atoms with van der Waals surface area (Å²) in [5, 5.41) is 21.3. The van der Waals surface area contributed by atoms with Crippen LogP contribution in [0.3, 0.4) is 0 Å². The maximum Gasteiger partial charge on any atom is 0.488 e. The number of pyridine rings is 1. The summed E-state index contributed by atoms with van der Waals surface area (Å²) in [6.07, 6.45) is 0. The number of para-hydroxylation sites is 1. The van der Waals surface area contributed by atoms with E-state index in [4.69, 9.17) is 4.42 Å². The lowest BCUT2D eigenvalue weighted by Crippen LogP contribution is -2.29. The summed E-state index contributed by atoms with van der Waals surface area (Å²) < 4.78 is 5.72. The Kier molecular flexibility index (Phi) is 2.33. The first-order valence-electron chi connectivity index (χ1n) is 6.30. The van der Waals surface area contributed by atoms with E-state index in [-0.39, 0.29) is 0 Å². The number of hydrogen-bond acceptors (Lipinski definition) is 4. The van der Waals surface area contributed by atoms with Crippen LogP contribution in [0.4, 0.5) is 0 Å². The first-order chi connectivity index (χ1) is 9.72. The van der Waals surface area contributed by atoms with Crippen LogP contribution in [0.2, 0.25) is 0 Å². The molecule has 0 saturated heterocycles. The van der Waals surface area contributed by atoms with Gasteiger partial charge in [-0.05, 0) is 23.7 Å². The summed E-state index contributed by atoms with van der Waals surface area (Å²) in [7, 11) is -1.50. The van der Waals surface area contributed by atoms with Crippen LogP contribution in [-0.4, -0.2) is 22.2 Å². The Morgan fingerprint density at radius 3 is 2.65 bits per heavy atom. The molecule has 20 heavy (non-hydrogen) atoms. The molecule has 0 unspecified atom stereocenters. The first kappa shape index (κ1) is 11.5. The highest BCUT2D eigenvalue weighted by molar-refractivity contribution is 6.58. The molecule has 2 aromatic carbocycles. The molecule has 4 nitrogen and oxygen atoms in total. The maximum atomic E-state index is 9.21. The largest absolute Gasteiger partial charge is 0.488 e. The van der Waals surface area contributed by atoms with Gasteiger partial charge in [0.15, 0.2) is 0 Å². The summed E-state index contributed by atoms with van der Waals surface area (Å²) in [5.74, 6) is 0. The second-order valence-electron chi connectivity index (χ2n) is 4.77. The second kappa shape index (κ2) is 4.06. The molecule has 0 atom stereocenters. The van der Waals surface area contributed by atoms with E-state index in [1.807, 2.05) is 36.4 Å². The van der Waals surface area contributed by atoms with Gasteiger partial charge in [0.05, 0.1) is 5.52 Å². The normalized spacial score (nSPS) is 11.5. The zero-order valence-electron chi connectivity index (χ0n) is 10.4. The second-order valence-corrected chi connectivity index (χ2v) is 4.77. The summed E-state index contributed by atoms with van der Waals surface area (Å²) in [5.41, 5.74) is 2.44. The minimum atomic E-state index is -1.50. The van der Waals surface area contributed by atoms with Crippen molar-refractivity contribution in [2.24, 2.45) is 0 Å². The number of benzene rings is 2. The summed E-state index contributed by atoms with van der Waals surface area (Å²) in [6.45, 7) is 0. The Bertz CT molecular complexity index is 946. The molecule has 0 aliphatic carbocycles. The number of aromatic nitrogens is 1. The van der Waals surface area contributed by atoms with Crippen LogP contribution in [-0.2, 0) is 0 Å². The molecule has 2 heterocycles. The van der Waals surface area contributed by atoms with Crippen LogP contribution in [0.5, 0.6) is 0 Å². The molecule has 0 radical (unpaired) electrons. The molecule has 4 rings (SSSR count). The van der Waals surface area contributed by atoms with Crippen molar-refractivity contribution in [2.45, 2.75) is 0 Å². The van der Waals surface area contributed by atoms with Gasteiger partial charge in [0.25, 0.3) is 0 Å². The zero-order valence-corrected chi connectivity index (χ0v) is 10.4. The van der Waals surface area contributed by atoms with Gasteiger partial charge < -0.3 is 14.5 Å². The lowest BCUT2D eigenvalue weighted by atomic mass is 9.80. The summed E-state index contributed by atoms with van der Waals surface area (Å²) >= 11 is 0. The molecule has 0 bridgehead atoms. The van der Waals surface area contributed by atoms with Crippen molar-refractivity contribution in [1.29, 1.82) is 0 Å². The van der Waals surface area contributed by atoms with Crippen molar-refractivity contribution in [1.82, 2.24) is 4.98 Å². The van der Waals surface area contributed by atoms with Crippen LogP contribution in [0.25, 0.3) is 33.0 Å². The molecule has 4 aromatic rings. The third-order valence-corrected chi connectivity index (χ3v) is 3.49. The van der Waals surface area contributed by atoms with Crippen molar-refractivity contribution in [2.75, 3.05) is 0 Å². The molecule has 0 spiro atoms. The lowest BCUT2D eigenvalue weighted by molar-refractivity contribution is 0.425. The van der Waals surface area contributed by atoms with Gasteiger partial charge in [0, 0.05) is 16.2 Å². The predicted octanol–water partition coefficient (Wildman–Crippen LogP) is 1.81. The number of nitrogens with zero attached hydrogens (tertiary/aromatic N) is 1. The minimum Gasteiger partial charge on any atom is -0.438 e. The van der Waals surface area contributed by atoms with E-state index in [0.717, 1.165) is 21.7 Å². The average Bonchev–Trinajstić information content (AvgIpc) is 2.81. The van der Waals surface area contributed by atoms with Gasteiger partial charge in [0.1, 0.15) is 5.58 Å². The molecule has 0 aliphatic heterocycles. The van der Waals surface area contributed by atoms with E-state index in [2.05, 4.69) is 4.98 Å². The van der Waals surface area contributed by atoms with Gasteiger partial charge in [-0.15, -0.1) is 0 Å². The quantitative estimate of drug-likeness (QED) is 0.514. The van der Waals surface area contributed by atoms with E-state index in [0.29, 0.717) is 16.8 Å². The summed E-state index contributed by atoms with van der Waals surface area (Å²) in [4.78, 5) is 4.50.